The van der Waals surface area contributed by atoms with Crippen LogP contribution in [0.25, 0.3) is 44.6 Å². The topological polar surface area (TPSA) is 535 Å². The van der Waals surface area contributed by atoms with Crippen molar-refractivity contribution < 1.29 is 100 Å². The van der Waals surface area contributed by atoms with Crippen molar-refractivity contribution in [2.45, 2.75) is 192 Å². The van der Waals surface area contributed by atoms with Crippen molar-refractivity contribution in [2.24, 2.45) is 5.73 Å². The number of halogens is 2. The SMILES string of the molecule is CC[C@@]1(O)C(=O)OCc2c1cc1n(c2=O)Cc2c-1nc1cc(F)c(C)c3c1c2[C@@H](NC(=O)CCCNC(=O)CNC(=O)[C@H](Cc1ccc(O[C@]2(CC)C(=O)OCc4c2cc2n(c4=O)Cc4c-2nc2cc(F)c(C)c5c2c4[C@@H](NC(=O)CCCNC(=O)CNC(=O)C(Cc2ccccc2)NC(=O)CNC(=O)CN)CC5)cc1)NC(=O)CNC(=O)CNC(=O)CCCCCN1C(=O)C=CC1=O)CC3. The number of unbranched alkanes of at least 4 members (excludes halogenated alkanes) is 2. The predicted octanol–water partition coefficient (Wildman–Crippen LogP) is 1.93. The van der Waals surface area contributed by atoms with E-state index in [4.69, 9.17) is 29.9 Å². The summed E-state index contributed by atoms with van der Waals surface area (Å²) >= 11 is 0. The number of hydrogen-bond acceptors (Lipinski definition) is 24. The minimum absolute atomic E-state index is 0.0169. The smallest absolute Gasteiger partial charge is 0.355 e. The zero-order valence-corrected chi connectivity index (χ0v) is 75.2. The van der Waals surface area contributed by atoms with Gasteiger partial charge >= 0.3 is 11.9 Å². The molecule has 0 spiro atoms. The van der Waals surface area contributed by atoms with E-state index in [1.165, 1.54) is 57.7 Å². The van der Waals surface area contributed by atoms with Crippen LogP contribution in [0.1, 0.15) is 181 Å². The quantitative estimate of drug-likeness (QED) is 0.0149. The highest BCUT2D eigenvalue weighted by Gasteiger charge is 2.51. The fourth-order valence-corrected chi connectivity index (χ4v) is 18.8. The third-order valence-electron chi connectivity index (χ3n) is 26.0. The van der Waals surface area contributed by atoms with Gasteiger partial charge in [-0.3, -0.25) is 76.8 Å². The van der Waals surface area contributed by atoms with E-state index in [1.54, 1.807) is 70.2 Å². The number of benzene rings is 4. The van der Waals surface area contributed by atoms with Gasteiger partial charge in [-0.25, -0.2) is 28.3 Å². The number of nitrogens with zero attached hydrogens (tertiary/aromatic N) is 5. The van der Waals surface area contributed by atoms with E-state index in [0.717, 1.165) is 4.90 Å². The lowest BCUT2D eigenvalue weighted by atomic mass is 9.81. The Morgan fingerprint density at radius 2 is 0.963 bits per heavy atom. The number of esters is 2. The van der Waals surface area contributed by atoms with Crippen molar-refractivity contribution in [3.05, 3.63) is 201 Å². The molecule has 8 aromatic rings. The van der Waals surface area contributed by atoms with Gasteiger partial charge < -0.3 is 92.7 Å². The summed E-state index contributed by atoms with van der Waals surface area (Å²) in [6.45, 7) is 2.84. The molecule has 0 fully saturated rings. The summed E-state index contributed by atoms with van der Waals surface area (Å²) in [5, 5.41) is 41.9. The first-order chi connectivity index (χ1) is 65.3. The van der Waals surface area contributed by atoms with Crippen LogP contribution in [0, 0.1) is 25.5 Å². The molecule has 40 heteroatoms. The number of imide groups is 1. The fraction of sp³-hybridized carbons (Fsp3) is 0.406. The summed E-state index contributed by atoms with van der Waals surface area (Å²) in [6.07, 6.45) is 4.84. The average Bonchev–Trinajstić information content (AvgIpc) is 1.53. The second-order valence-electron chi connectivity index (χ2n) is 34.6. The fourth-order valence-electron chi connectivity index (χ4n) is 18.8. The van der Waals surface area contributed by atoms with Crippen molar-refractivity contribution >= 4 is 111 Å². The normalized spacial score (nSPS) is 17.6. The molecule has 2 aliphatic carbocycles. The Morgan fingerprint density at radius 3 is 1.47 bits per heavy atom. The lowest BCUT2D eigenvalue weighted by Gasteiger charge is -2.36. The van der Waals surface area contributed by atoms with Crippen molar-refractivity contribution in [2.75, 3.05) is 58.9 Å². The molecule has 6 atom stereocenters. The first kappa shape index (κ1) is 95.8. The molecule has 5 aliphatic heterocycles. The highest BCUT2D eigenvalue weighted by atomic mass is 19.1. The van der Waals surface area contributed by atoms with Gasteiger partial charge in [0.15, 0.2) is 5.60 Å². The van der Waals surface area contributed by atoms with Crippen LogP contribution in [0.3, 0.4) is 0 Å². The molecule has 0 saturated carbocycles. The minimum Gasteiger partial charge on any atom is -0.471 e. The molecule has 38 nitrogen and oxygen atoms in total. The molecule has 0 bridgehead atoms. The highest BCUT2D eigenvalue weighted by Crippen LogP contribution is 2.49. The largest absolute Gasteiger partial charge is 0.471 e. The Balaban J connectivity index is 0.593. The van der Waals surface area contributed by atoms with Crippen LogP contribution in [-0.4, -0.2) is 189 Å². The van der Waals surface area contributed by atoms with Gasteiger partial charge in [-0.05, 0) is 147 Å². The van der Waals surface area contributed by atoms with E-state index in [1.807, 2.05) is 0 Å². The van der Waals surface area contributed by atoms with Crippen LogP contribution in [0.5, 0.6) is 5.75 Å². The Labute approximate surface area is 775 Å². The Morgan fingerprint density at radius 1 is 0.507 bits per heavy atom. The van der Waals surface area contributed by atoms with Crippen LogP contribution in [0.2, 0.25) is 0 Å². The zero-order valence-electron chi connectivity index (χ0n) is 75.2. The number of aromatic nitrogens is 4. The van der Waals surface area contributed by atoms with Crippen molar-refractivity contribution in [3.63, 3.8) is 0 Å². The maximum atomic E-state index is 16.1. The molecule has 1 unspecified atom stereocenters. The molecule has 4 aromatic heterocycles. The van der Waals surface area contributed by atoms with Crippen LogP contribution in [0.15, 0.2) is 101 Å². The average molecular weight is 1870 g/mol. The number of cyclic esters (lactones) is 2. The molecule has 712 valence electrons. The van der Waals surface area contributed by atoms with E-state index >= 15 is 13.6 Å². The van der Waals surface area contributed by atoms with Gasteiger partial charge in [0.05, 0.1) is 109 Å². The maximum Gasteiger partial charge on any atom is 0.355 e. The lowest BCUT2D eigenvalue weighted by molar-refractivity contribution is -0.172. The maximum absolute atomic E-state index is 16.1. The summed E-state index contributed by atoms with van der Waals surface area (Å²) in [7, 11) is 0. The molecule has 136 heavy (non-hydrogen) atoms. The first-order valence-corrected chi connectivity index (χ1v) is 45.3. The lowest BCUT2D eigenvalue weighted by Crippen LogP contribution is -2.52. The van der Waals surface area contributed by atoms with E-state index < -0.39 is 186 Å². The second-order valence-corrected chi connectivity index (χ2v) is 34.6. The van der Waals surface area contributed by atoms with E-state index in [0.29, 0.717) is 123 Å². The number of aryl methyl sites for hydroxylation is 2. The molecule has 14 N–H and O–H groups in total. The number of fused-ring (bicyclic) bond motifs is 10. The van der Waals surface area contributed by atoms with Gasteiger partial charge in [-0.15, -0.1) is 0 Å². The molecule has 9 heterocycles. The molecule has 0 saturated heterocycles. The highest BCUT2D eigenvalue weighted by molar-refractivity contribution is 6.13. The van der Waals surface area contributed by atoms with Gasteiger partial charge in [0, 0.05) is 109 Å². The first-order valence-electron chi connectivity index (χ1n) is 45.3. The van der Waals surface area contributed by atoms with Gasteiger partial charge in [0.2, 0.25) is 70.6 Å². The Kier molecular flexibility index (Phi) is 28.8. The predicted molar refractivity (Wildman–Crippen MR) is 482 cm³/mol. The molecule has 4 aromatic carbocycles. The summed E-state index contributed by atoms with van der Waals surface area (Å²) in [4.78, 5) is 238. The van der Waals surface area contributed by atoms with Crippen LogP contribution in [-0.2, 0) is 145 Å². The van der Waals surface area contributed by atoms with Crippen molar-refractivity contribution in [1.29, 1.82) is 0 Å². The van der Waals surface area contributed by atoms with Gasteiger partial charge in [-0.2, -0.15) is 0 Å². The summed E-state index contributed by atoms with van der Waals surface area (Å²) in [5.41, 5.74) is 8.08. The number of hydrogen-bond donors (Lipinski definition) is 13. The zero-order chi connectivity index (χ0) is 96.7. The summed E-state index contributed by atoms with van der Waals surface area (Å²) < 4.78 is 52.4. The standard InChI is InChI=1S/C96H103F2N17O21/c1-5-95(133)60-35-70-87-56(45-114(70)91(129)58(60)47-134-93(95)131)85-64(26-24-54-49(3)62(97)37-66(111-87)83(54)85)107-73(117)18-13-31-101-77(121)42-106-90(128)69(110-80(124)44-104-78(122)40-102-72(116)17-11-8-12-32-113-81(125)28-29-82(113)126)34-52-20-22-53(23-21-52)136-96(6-2)61-36-71-88-57(46-115(71)92(130)59(61)48-135-94(96)132)86-65(27-25-55-50(4)63(98)38-67(112-88)84(55)86)108-74(118)19-14-30-100-76(120)41-105-89(127)68(33-51-15-9-7-10-16-51)109-79(123)43-103-75(119)39-99/h7,9-10,15-16,20-23,28-29,35-38,64-65,68-69,133H,5-6,8,11-14,17-19,24-27,30-34,39-48,99H2,1-4H3,(H,100,120)(H,101,121)(H,102,116)(H,103,119)(H,104,122)(H,105,127)(H,106,128)(H,107,117)(H,108,118)(H,109,123)(H,110,124)/t64-,65-,68?,69-,95-,96-/m0/s1. The number of aliphatic hydroxyl groups is 1. The number of rotatable bonds is 39. The minimum atomic E-state index is -2.10. The van der Waals surface area contributed by atoms with Crippen molar-refractivity contribution in [3.8, 4) is 28.5 Å². The molecule has 15 rings (SSSR count). The van der Waals surface area contributed by atoms with E-state index in [-0.39, 0.29) is 154 Å². The van der Waals surface area contributed by atoms with Crippen LogP contribution < -0.4 is 80.1 Å². The third kappa shape index (κ3) is 20.0. The monoisotopic (exact) mass is 1870 g/mol. The number of carbonyl (C=O) groups excluding carboxylic acids is 15. The van der Waals surface area contributed by atoms with Crippen LogP contribution in [0.4, 0.5) is 8.78 Å². The number of amides is 13. The van der Waals surface area contributed by atoms with E-state index in [2.05, 4.69) is 58.5 Å². The molecule has 0 radical (unpaired) electrons. The molecular formula is C96H103F2N17O21. The summed E-state index contributed by atoms with van der Waals surface area (Å²) in [6, 6.07) is 16.8. The number of nitrogens with one attached hydrogen (secondary N) is 11. The van der Waals surface area contributed by atoms with Gasteiger partial charge in [-0.1, -0.05) is 62.7 Å². The summed E-state index contributed by atoms with van der Waals surface area (Å²) in [5.74, 6) is -10.4. The molecule has 7 aliphatic rings. The Hall–Kier alpha value is -14.8. The van der Waals surface area contributed by atoms with Gasteiger partial charge in [0.1, 0.15) is 42.7 Å². The van der Waals surface area contributed by atoms with Gasteiger partial charge in [0.25, 0.3) is 22.9 Å². The second kappa shape index (κ2) is 40.9. The Bertz CT molecular complexity index is 6440. The number of carbonyl (C=O) groups is 15. The van der Waals surface area contributed by atoms with Crippen LogP contribution >= 0.6 is 0 Å². The number of ether oxygens (including phenoxy) is 3. The number of nitrogens with two attached hydrogens (primary N) is 1. The molecular weight excluding hydrogens is 1770 g/mol. The molecule has 13 amide bonds. The van der Waals surface area contributed by atoms with E-state index in [9.17, 15) is 81.8 Å². The van der Waals surface area contributed by atoms with Crippen molar-refractivity contribution in [1.82, 2.24) is 82.5 Å². The number of pyridine rings is 4. The third-order valence-corrected chi connectivity index (χ3v) is 26.0.